The third kappa shape index (κ3) is 3.79. The summed E-state index contributed by atoms with van der Waals surface area (Å²) in [5, 5.41) is 13.0. The van der Waals surface area contributed by atoms with Crippen LogP contribution in [-0.4, -0.2) is 34.8 Å². The van der Waals surface area contributed by atoms with E-state index in [1.54, 1.807) is 0 Å². The average Bonchev–Trinajstić information content (AvgIpc) is 2.20. The number of aliphatic hydroxyl groups excluding tert-OH is 1. The van der Waals surface area contributed by atoms with Gasteiger partial charge in [-0.25, -0.2) is 0 Å². The van der Waals surface area contributed by atoms with Gasteiger partial charge in [0.15, 0.2) is 0 Å². The van der Waals surface area contributed by atoms with Crippen LogP contribution in [0.1, 0.15) is 39.5 Å². The molecule has 2 nitrogen and oxygen atoms in total. The molecule has 1 fully saturated rings. The van der Waals surface area contributed by atoms with Crippen LogP contribution < -0.4 is 5.32 Å². The van der Waals surface area contributed by atoms with Crippen molar-refractivity contribution in [1.82, 2.24) is 5.32 Å². The highest BCUT2D eigenvalue weighted by atomic mass is 32.2. The van der Waals surface area contributed by atoms with E-state index >= 15 is 0 Å². The molecule has 0 bridgehead atoms. The smallest absolute Gasteiger partial charge is 0.0610 e. The third-order valence-corrected chi connectivity index (χ3v) is 4.08. The molecular formula is C11H23NOS. The number of rotatable bonds is 5. The van der Waals surface area contributed by atoms with Crippen molar-refractivity contribution in [1.29, 1.82) is 0 Å². The maximum atomic E-state index is 9.38. The van der Waals surface area contributed by atoms with Crippen molar-refractivity contribution in [2.24, 2.45) is 0 Å². The molecule has 2 N–H and O–H groups in total. The van der Waals surface area contributed by atoms with E-state index in [-0.39, 0.29) is 12.1 Å². The third-order valence-electron chi connectivity index (χ3n) is 2.86. The van der Waals surface area contributed by atoms with E-state index in [2.05, 4.69) is 19.2 Å². The zero-order valence-electron chi connectivity index (χ0n) is 9.38. The normalized spacial score (nSPS) is 27.2. The Bertz CT molecular complexity index is 159. The maximum Gasteiger partial charge on any atom is 0.0610 e. The molecule has 0 spiro atoms. The number of hydrogen-bond acceptors (Lipinski definition) is 3. The minimum Gasteiger partial charge on any atom is -0.394 e. The van der Waals surface area contributed by atoms with Crippen molar-refractivity contribution in [3.8, 4) is 0 Å². The fourth-order valence-electron chi connectivity index (χ4n) is 2.10. The molecule has 0 saturated carbocycles. The summed E-state index contributed by atoms with van der Waals surface area (Å²) in [5.41, 5.74) is -0.0582. The monoisotopic (exact) mass is 217 g/mol. The molecule has 1 heterocycles. The fourth-order valence-corrected chi connectivity index (χ4v) is 3.17. The highest BCUT2D eigenvalue weighted by Gasteiger charge is 2.26. The first-order valence-electron chi connectivity index (χ1n) is 5.66. The molecule has 14 heavy (non-hydrogen) atoms. The Kier molecular flexibility index (Phi) is 5.28. The predicted molar refractivity (Wildman–Crippen MR) is 63.9 cm³/mol. The Morgan fingerprint density at radius 1 is 1.57 bits per heavy atom. The lowest BCUT2D eigenvalue weighted by Crippen LogP contribution is -2.52. The summed E-state index contributed by atoms with van der Waals surface area (Å²) in [7, 11) is 0. The van der Waals surface area contributed by atoms with Gasteiger partial charge in [0.05, 0.1) is 6.61 Å². The van der Waals surface area contributed by atoms with Crippen molar-refractivity contribution < 1.29 is 5.11 Å². The van der Waals surface area contributed by atoms with Gasteiger partial charge >= 0.3 is 0 Å². The van der Waals surface area contributed by atoms with E-state index in [1.165, 1.54) is 24.3 Å². The van der Waals surface area contributed by atoms with Crippen molar-refractivity contribution in [2.75, 3.05) is 18.1 Å². The van der Waals surface area contributed by atoms with Crippen LogP contribution in [0.3, 0.4) is 0 Å². The van der Waals surface area contributed by atoms with Crippen molar-refractivity contribution in [2.45, 2.75) is 51.1 Å². The molecule has 0 aromatic heterocycles. The van der Waals surface area contributed by atoms with E-state index in [1.807, 2.05) is 11.8 Å². The highest BCUT2D eigenvalue weighted by Crippen LogP contribution is 2.21. The van der Waals surface area contributed by atoms with E-state index in [0.29, 0.717) is 6.04 Å². The SMILES string of the molecule is CCCC(C)(CO)NC1CCCSC1. The van der Waals surface area contributed by atoms with Gasteiger partial charge in [-0.1, -0.05) is 13.3 Å². The minimum atomic E-state index is -0.0582. The standard InChI is InChI=1S/C11H23NOS/c1-3-6-11(2,9-13)12-10-5-4-7-14-8-10/h10,12-13H,3-9H2,1-2H3. The summed E-state index contributed by atoms with van der Waals surface area (Å²) in [5.74, 6) is 2.51. The van der Waals surface area contributed by atoms with E-state index in [4.69, 9.17) is 0 Å². The van der Waals surface area contributed by atoms with Crippen LogP contribution in [0, 0.1) is 0 Å². The van der Waals surface area contributed by atoms with Gasteiger partial charge in [-0.15, -0.1) is 0 Å². The van der Waals surface area contributed by atoms with Crippen LogP contribution in [0.5, 0.6) is 0 Å². The van der Waals surface area contributed by atoms with E-state index in [9.17, 15) is 5.11 Å². The van der Waals surface area contributed by atoms with Crippen LogP contribution in [0.4, 0.5) is 0 Å². The summed E-state index contributed by atoms with van der Waals surface area (Å²) < 4.78 is 0. The summed E-state index contributed by atoms with van der Waals surface area (Å²) in [4.78, 5) is 0. The predicted octanol–water partition coefficient (Wildman–Crippen LogP) is 2.02. The molecule has 1 aliphatic rings. The number of nitrogens with one attached hydrogen (secondary N) is 1. The zero-order valence-corrected chi connectivity index (χ0v) is 10.2. The Morgan fingerprint density at radius 2 is 2.36 bits per heavy atom. The van der Waals surface area contributed by atoms with Gasteiger partial charge in [0, 0.05) is 17.3 Å². The first-order valence-corrected chi connectivity index (χ1v) is 6.82. The Morgan fingerprint density at radius 3 is 2.86 bits per heavy atom. The van der Waals surface area contributed by atoms with Gasteiger partial charge < -0.3 is 10.4 Å². The fraction of sp³-hybridized carbons (Fsp3) is 1.00. The summed E-state index contributed by atoms with van der Waals surface area (Å²) in [6.45, 7) is 4.56. The van der Waals surface area contributed by atoms with E-state index < -0.39 is 0 Å². The molecule has 0 aromatic rings. The molecule has 84 valence electrons. The van der Waals surface area contributed by atoms with Crippen LogP contribution in [0.2, 0.25) is 0 Å². The molecule has 3 heteroatoms. The Labute approximate surface area is 91.9 Å². The topological polar surface area (TPSA) is 32.3 Å². The second-order valence-electron chi connectivity index (χ2n) is 4.53. The minimum absolute atomic E-state index is 0.0582. The lowest BCUT2D eigenvalue weighted by Gasteiger charge is -2.35. The second-order valence-corrected chi connectivity index (χ2v) is 5.68. The Hall–Kier alpha value is 0.270. The molecular weight excluding hydrogens is 194 g/mol. The molecule has 0 radical (unpaired) electrons. The quantitative estimate of drug-likeness (QED) is 0.739. The number of hydrogen-bond donors (Lipinski definition) is 2. The lowest BCUT2D eigenvalue weighted by atomic mass is 9.95. The molecule has 0 amide bonds. The molecule has 1 rings (SSSR count). The van der Waals surface area contributed by atoms with Gasteiger partial charge in [0.1, 0.15) is 0 Å². The van der Waals surface area contributed by atoms with Gasteiger partial charge in [0.25, 0.3) is 0 Å². The summed E-state index contributed by atoms with van der Waals surface area (Å²) in [6.07, 6.45) is 4.77. The molecule has 0 aliphatic carbocycles. The average molecular weight is 217 g/mol. The zero-order chi connectivity index (χ0) is 10.4. The van der Waals surface area contributed by atoms with Crippen LogP contribution in [-0.2, 0) is 0 Å². The maximum absolute atomic E-state index is 9.38. The van der Waals surface area contributed by atoms with Gasteiger partial charge in [0.2, 0.25) is 0 Å². The van der Waals surface area contributed by atoms with Crippen LogP contribution >= 0.6 is 11.8 Å². The number of aliphatic hydroxyl groups is 1. The summed E-state index contributed by atoms with van der Waals surface area (Å²) >= 11 is 2.03. The Balaban J connectivity index is 2.37. The van der Waals surface area contributed by atoms with Crippen molar-refractivity contribution in [3.63, 3.8) is 0 Å². The molecule has 1 aliphatic heterocycles. The molecule has 1 saturated heterocycles. The van der Waals surface area contributed by atoms with Crippen molar-refractivity contribution in [3.05, 3.63) is 0 Å². The van der Waals surface area contributed by atoms with Gasteiger partial charge in [-0.3, -0.25) is 0 Å². The first-order chi connectivity index (χ1) is 6.70. The summed E-state index contributed by atoms with van der Waals surface area (Å²) in [6, 6.07) is 0.609. The molecule has 2 unspecified atom stereocenters. The van der Waals surface area contributed by atoms with E-state index in [0.717, 1.165) is 12.8 Å². The molecule has 0 aromatic carbocycles. The first kappa shape index (κ1) is 12.3. The van der Waals surface area contributed by atoms with Crippen LogP contribution in [0.25, 0.3) is 0 Å². The van der Waals surface area contributed by atoms with Gasteiger partial charge in [-0.05, 0) is 31.9 Å². The largest absolute Gasteiger partial charge is 0.394 e. The number of thioether (sulfide) groups is 1. The second kappa shape index (κ2) is 5.99. The van der Waals surface area contributed by atoms with Crippen LogP contribution in [0.15, 0.2) is 0 Å². The van der Waals surface area contributed by atoms with Gasteiger partial charge in [-0.2, -0.15) is 11.8 Å². The lowest BCUT2D eigenvalue weighted by molar-refractivity contribution is 0.152. The van der Waals surface area contributed by atoms with Crippen molar-refractivity contribution >= 4 is 11.8 Å². The highest BCUT2D eigenvalue weighted by molar-refractivity contribution is 7.99. The molecule has 2 atom stereocenters.